The molecule has 198 valence electrons. The van der Waals surface area contributed by atoms with Gasteiger partial charge in [0.1, 0.15) is 11.5 Å². The van der Waals surface area contributed by atoms with Crippen LogP contribution in [-0.2, 0) is 12.8 Å². The van der Waals surface area contributed by atoms with Crippen molar-refractivity contribution in [3.8, 4) is 11.5 Å². The van der Waals surface area contributed by atoms with Crippen molar-refractivity contribution in [2.75, 3.05) is 44.2 Å². The number of benzene rings is 2. The van der Waals surface area contributed by atoms with Crippen LogP contribution in [0.25, 0.3) is 0 Å². The van der Waals surface area contributed by atoms with Gasteiger partial charge in [-0.15, -0.1) is 0 Å². The number of aromatic nitrogens is 2. The largest absolute Gasteiger partial charge is 0.457 e. The molecule has 3 heterocycles. The summed E-state index contributed by atoms with van der Waals surface area (Å²) in [6.45, 7) is 7.55. The summed E-state index contributed by atoms with van der Waals surface area (Å²) in [6.07, 6.45) is 8.63. The van der Waals surface area contributed by atoms with Gasteiger partial charge in [-0.2, -0.15) is 0 Å². The molecule has 3 aliphatic rings. The quantitative estimate of drug-likeness (QED) is 0.487. The molecule has 1 aliphatic carbocycles. The van der Waals surface area contributed by atoms with Gasteiger partial charge in [-0.25, -0.2) is 9.97 Å². The third kappa shape index (κ3) is 5.39. The van der Waals surface area contributed by atoms with Crippen molar-refractivity contribution in [2.45, 2.75) is 51.5 Å². The number of rotatable bonds is 5. The zero-order valence-electron chi connectivity index (χ0n) is 22.3. The Labute approximate surface area is 225 Å². The first-order chi connectivity index (χ1) is 18.6. The monoisotopic (exact) mass is 511 g/mol. The molecule has 1 saturated heterocycles. The molecule has 1 amide bonds. The average molecular weight is 512 g/mol. The number of ether oxygens (including phenoxy) is 1. The van der Waals surface area contributed by atoms with Gasteiger partial charge in [0.15, 0.2) is 0 Å². The molecule has 7 nitrogen and oxygen atoms in total. The number of carbonyl (C=O) groups excluding carboxylic acids is 1. The van der Waals surface area contributed by atoms with Gasteiger partial charge in [-0.1, -0.05) is 36.2 Å². The van der Waals surface area contributed by atoms with E-state index in [0.717, 1.165) is 68.9 Å². The van der Waals surface area contributed by atoms with Crippen LogP contribution < -0.4 is 9.64 Å². The fourth-order valence-electron chi connectivity index (χ4n) is 5.70. The maximum Gasteiger partial charge on any atom is 0.257 e. The second kappa shape index (κ2) is 11.1. The molecule has 1 aromatic heterocycles. The predicted molar refractivity (Wildman–Crippen MR) is 149 cm³/mol. The number of carbonyl (C=O) groups is 1. The number of piperazine rings is 1. The second-order valence-corrected chi connectivity index (χ2v) is 10.8. The molecule has 0 bridgehead atoms. The van der Waals surface area contributed by atoms with E-state index < -0.39 is 0 Å². The minimum absolute atomic E-state index is 0.0116. The Hall–Kier alpha value is -3.45. The van der Waals surface area contributed by atoms with E-state index in [9.17, 15) is 4.79 Å². The summed E-state index contributed by atoms with van der Waals surface area (Å²) in [5, 5.41) is 0. The summed E-state index contributed by atoms with van der Waals surface area (Å²) in [4.78, 5) is 30.4. The van der Waals surface area contributed by atoms with Crippen molar-refractivity contribution in [3.05, 3.63) is 77.1 Å². The lowest BCUT2D eigenvalue weighted by molar-refractivity contribution is 0.0750. The highest BCUT2D eigenvalue weighted by molar-refractivity contribution is 5.97. The summed E-state index contributed by atoms with van der Waals surface area (Å²) in [7, 11) is 0. The minimum atomic E-state index is 0.0116. The lowest BCUT2D eigenvalue weighted by Gasteiger charge is -2.43. The molecule has 0 atom stereocenters. The maximum atomic E-state index is 13.7. The van der Waals surface area contributed by atoms with Gasteiger partial charge < -0.3 is 14.5 Å². The standard InChI is InChI=1S/C31H37N5O2/c1-23-11-13-26(14-12-23)38-29-10-3-2-9-27(29)30(37)35-16-5-6-24-22-32-31(33-28(24)15-17-35)36-20-18-34(19-21-36)25-7-4-8-25/h2-3,9-14,22,25H,4-8,15-21H2,1H3. The Kier molecular flexibility index (Phi) is 7.27. The predicted octanol–water partition coefficient (Wildman–Crippen LogP) is 4.88. The Morgan fingerprint density at radius 3 is 2.45 bits per heavy atom. The van der Waals surface area contributed by atoms with E-state index in [1.807, 2.05) is 66.6 Å². The first kappa shape index (κ1) is 24.9. The van der Waals surface area contributed by atoms with Gasteiger partial charge in [0.25, 0.3) is 5.91 Å². The number of aryl methyl sites for hydroxylation is 2. The van der Waals surface area contributed by atoms with Crippen LogP contribution in [0.3, 0.4) is 0 Å². The van der Waals surface area contributed by atoms with Crippen LogP contribution in [0, 0.1) is 6.92 Å². The van der Waals surface area contributed by atoms with Crippen LogP contribution in [0.5, 0.6) is 11.5 Å². The Balaban J connectivity index is 1.13. The Morgan fingerprint density at radius 2 is 1.68 bits per heavy atom. The molecule has 0 radical (unpaired) electrons. The first-order valence-corrected chi connectivity index (χ1v) is 14.1. The molecule has 2 aliphatic heterocycles. The second-order valence-electron chi connectivity index (χ2n) is 10.8. The SMILES string of the molecule is Cc1ccc(Oc2ccccc2C(=O)N2CCCc3cnc(N4CCN(C5CCC5)CC4)nc3CC2)cc1. The van der Waals surface area contributed by atoms with Crippen molar-refractivity contribution in [3.63, 3.8) is 0 Å². The third-order valence-electron chi connectivity index (χ3n) is 8.28. The first-order valence-electron chi connectivity index (χ1n) is 14.1. The molecule has 0 spiro atoms. The zero-order chi connectivity index (χ0) is 25.9. The summed E-state index contributed by atoms with van der Waals surface area (Å²) < 4.78 is 6.13. The molecule has 7 heteroatoms. The fourth-order valence-corrected chi connectivity index (χ4v) is 5.70. The normalized spacial score (nSPS) is 18.8. The van der Waals surface area contributed by atoms with E-state index in [0.29, 0.717) is 24.4 Å². The Bertz CT molecular complexity index is 1270. The topological polar surface area (TPSA) is 61.8 Å². The highest BCUT2D eigenvalue weighted by Crippen LogP contribution is 2.28. The molecule has 3 aromatic rings. The van der Waals surface area contributed by atoms with Crippen LogP contribution in [-0.4, -0.2) is 71.0 Å². The number of nitrogens with zero attached hydrogens (tertiary/aromatic N) is 5. The lowest BCUT2D eigenvalue weighted by Crippen LogP contribution is -2.52. The van der Waals surface area contributed by atoms with Crippen LogP contribution in [0.1, 0.15) is 52.9 Å². The molecular formula is C31H37N5O2. The van der Waals surface area contributed by atoms with E-state index >= 15 is 0 Å². The van der Waals surface area contributed by atoms with Crippen molar-refractivity contribution in [1.82, 2.24) is 19.8 Å². The van der Waals surface area contributed by atoms with Crippen molar-refractivity contribution in [1.29, 1.82) is 0 Å². The number of para-hydroxylation sites is 1. The van der Waals surface area contributed by atoms with E-state index in [2.05, 4.69) is 9.80 Å². The molecule has 0 N–H and O–H groups in total. The molecule has 1 saturated carbocycles. The van der Waals surface area contributed by atoms with Crippen molar-refractivity contribution < 1.29 is 9.53 Å². The lowest BCUT2D eigenvalue weighted by atomic mass is 9.91. The van der Waals surface area contributed by atoms with Gasteiger partial charge in [-0.05, 0) is 62.4 Å². The summed E-state index contributed by atoms with van der Waals surface area (Å²) in [6, 6.07) is 16.2. The fraction of sp³-hybridized carbons (Fsp3) is 0.452. The Morgan fingerprint density at radius 1 is 0.895 bits per heavy atom. The number of anilines is 1. The van der Waals surface area contributed by atoms with E-state index in [4.69, 9.17) is 14.7 Å². The van der Waals surface area contributed by atoms with Crippen molar-refractivity contribution in [2.24, 2.45) is 0 Å². The molecule has 6 rings (SSSR count). The van der Waals surface area contributed by atoms with E-state index in [1.165, 1.54) is 30.4 Å². The number of amides is 1. The van der Waals surface area contributed by atoms with E-state index in [-0.39, 0.29) is 5.91 Å². The highest BCUT2D eigenvalue weighted by Gasteiger charge is 2.29. The van der Waals surface area contributed by atoms with Gasteiger partial charge >= 0.3 is 0 Å². The minimum Gasteiger partial charge on any atom is -0.457 e. The molecule has 0 unspecified atom stereocenters. The zero-order valence-corrected chi connectivity index (χ0v) is 22.3. The summed E-state index contributed by atoms with van der Waals surface area (Å²) >= 11 is 0. The van der Waals surface area contributed by atoms with Crippen molar-refractivity contribution >= 4 is 11.9 Å². The third-order valence-corrected chi connectivity index (χ3v) is 8.28. The maximum absolute atomic E-state index is 13.7. The van der Waals surface area contributed by atoms with Gasteiger partial charge in [0.2, 0.25) is 5.95 Å². The molecule has 2 aromatic carbocycles. The van der Waals surface area contributed by atoms with Gasteiger partial charge in [0, 0.05) is 57.9 Å². The number of hydrogen-bond acceptors (Lipinski definition) is 6. The van der Waals surface area contributed by atoms with Crippen LogP contribution >= 0.6 is 0 Å². The molecular weight excluding hydrogens is 474 g/mol. The molecule has 2 fully saturated rings. The number of hydrogen-bond donors (Lipinski definition) is 0. The summed E-state index contributed by atoms with van der Waals surface area (Å²) in [5.74, 6) is 2.18. The van der Waals surface area contributed by atoms with Crippen LogP contribution in [0.4, 0.5) is 5.95 Å². The summed E-state index contributed by atoms with van der Waals surface area (Å²) in [5.41, 5.74) is 4.07. The smallest absolute Gasteiger partial charge is 0.257 e. The highest BCUT2D eigenvalue weighted by atomic mass is 16.5. The van der Waals surface area contributed by atoms with Crippen LogP contribution in [0.15, 0.2) is 54.7 Å². The molecule has 38 heavy (non-hydrogen) atoms. The average Bonchev–Trinajstić information content (AvgIpc) is 2.90. The van der Waals surface area contributed by atoms with Gasteiger partial charge in [-0.3, -0.25) is 9.69 Å². The number of fused-ring (bicyclic) bond motifs is 1. The van der Waals surface area contributed by atoms with Crippen LogP contribution in [0.2, 0.25) is 0 Å². The van der Waals surface area contributed by atoms with Gasteiger partial charge in [0.05, 0.1) is 11.3 Å². The van der Waals surface area contributed by atoms with E-state index in [1.54, 1.807) is 0 Å².